The number of benzene rings is 2. The van der Waals surface area contributed by atoms with E-state index in [0.717, 1.165) is 6.07 Å². The summed E-state index contributed by atoms with van der Waals surface area (Å²) in [5.41, 5.74) is 10.9. The fraction of sp³-hybridized carbons (Fsp3) is 0. The third-order valence-electron chi connectivity index (χ3n) is 2.62. The van der Waals surface area contributed by atoms with Crippen LogP contribution in [0.25, 0.3) is 10.8 Å². The highest BCUT2D eigenvalue weighted by atomic mass is 32.2. The fourth-order valence-electron chi connectivity index (χ4n) is 1.71. The van der Waals surface area contributed by atoms with Crippen molar-refractivity contribution in [3.8, 4) is 5.75 Å². The van der Waals surface area contributed by atoms with E-state index in [2.05, 4.69) is 0 Å². The van der Waals surface area contributed by atoms with Crippen molar-refractivity contribution >= 4 is 44.3 Å². The predicted octanol–water partition coefficient (Wildman–Crippen LogP) is 1.52. The summed E-state index contributed by atoms with van der Waals surface area (Å²) < 4.78 is 40.4. The van der Waals surface area contributed by atoms with Crippen LogP contribution in [0.15, 0.2) is 28.0 Å². The number of aromatic hydroxyl groups is 1. The fourth-order valence-corrected chi connectivity index (χ4v) is 2.70. The molecule has 2 aromatic carbocycles. The number of hydrogen-bond donors (Lipinski definition) is 5. The number of phenols is 1. The van der Waals surface area contributed by atoms with Gasteiger partial charge in [-0.05, 0) is 23.6 Å². The van der Waals surface area contributed by atoms with Crippen molar-refractivity contribution in [1.29, 1.82) is 0 Å². The number of nitrogen functional groups attached to an aromatic ring is 2. The molecule has 0 atom stereocenters. The largest absolute Gasteiger partial charge is 0.505 e. The quantitative estimate of drug-likeness (QED) is 0.243. The highest BCUT2D eigenvalue weighted by Crippen LogP contribution is 2.39. The van der Waals surface area contributed by atoms with Crippen LogP contribution in [0.4, 0.5) is 11.4 Å². The van der Waals surface area contributed by atoms with E-state index in [0.29, 0.717) is 12.0 Å². The standard InChI is InChI=1S/C10H10N2O5S2/c11-6-3-5-4(1-7(6)18-14)2-8(19(15,16)17)9(12)10(5)13/h1-3,13-14H,11-12H2,(H,15,16,17). The molecule has 0 fully saturated rings. The van der Waals surface area contributed by atoms with Crippen LogP contribution in [0, 0.1) is 0 Å². The minimum absolute atomic E-state index is 0.203. The molecule has 0 heterocycles. The average molecular weight is 302 g/mol. The first kappa shape index (κ1) is 13.7. The molecule has 0 saturated carbocycles. The van der Waals surface area contributed by atoms with Gasteiger partial charge in [0, 0.05) is 23.1 Å². The second-order valence-corrected chi connectivity index (χ2v) is 5.83. The molecule has 102 valence electrons. The molecule has 0 radical (unpaired) electrons. The van der Waals surface area contributed by atoms with Crippen LogP contribution in [0.3, 0.4) is 0 Å². The Hall–Kier alpha value is -1.68. The lowest BCUT2D eigenvalue weighted by atomic mass is 10.1. The Labute approximate surface area is 112 Å². The molecule has 19 heavy (non-hydrogen) atoms. The van der Waals surface area contributed by atoms with Gasteiger partial charge in [-0.1, -0.05) is 0 Å². The van der Waals surface area contributed by atoms with Crippen molar-refractivity contribution in [2.75, 3.05) is 11.5 Å². The second kappa shape index (κ2) is 4.46. The molecule has 0 saturated heterocycles. The average Bonchev–Trinajstić information content (AvgIpc) is 2.32. The van der Waals surface area contributed by atoms with Gasteiger partial charge in [-0.2, -0.15) is 8.42 Å². The lowest BCUT2D eigenvalue weighted by Crippen LogP contribution is -2.04. The Morgan fingerprint density at radius 1 is 1.16 bits per heavy atom. The van der Waals surface area contributed by atoms with Crippen LogP contribution in [-0.4, -0.2) is 22.6 Å². The van der Waals surface area contributed by atoms with Crippen molar-refractivity contribution in [2.45, 2.75) is 9.79 Å². The highest BCUT2D eigenvalue weighted by Gasteiger charge is 2.20. The zero-order valence-electron chi connectivity index (χ0n) is 9.36. The molecule has 0 aliphatic heterocycles. The van der Waals surface area contributed by atoms with Gasteiger partial charge in [0.25, 0.3) is 10.1 Å². The molecule has 0 unspecified atom stereocenters. The molecule has 0 bridgehead atoms. The Bertz CT molecular complexity index is 773. The van der Waals surface area contributed by atoms with E-state index in [9.17, 15) is 13.5 Å². The SMILES string of the molecule is Nc1cc2c(O)c(N)c(S(=O)(=O)O)cc2cc1SO. The Balaban J connectivity index is 2.93. The first-order valence-electron chi connectivity index (χ1n) is 4.89. The zero-order chi connectivity index (χ0) is 14.4. The van der Waals surface area contributed by atoms with E-state index >= 15 is 0 Å². The van der Waals surface area contributed by atoms with Crippen LogP contribution in [0.5, 0.6) is 5.75 Å². The molecule has 9 heteroatoms. The Morgan fingerprint density at radius 2 is 1.79 bits per heavy atom. The van der Waals surface area contributed by atoms with Crippen molar-refractivity contribution in [1.82, 2.24) is 0 Å². The van der Waals surface area contributed by atoms with Gasteiger partial charge in [-0.25, -0.2) is 0 Å². The van der Waals surface area contributed by atoms with E-state index < -0.39 is 26.5 Å². The van der Waals surface area contributed by atoms with Crippen molar-refractivity contribution in [3.63, 3.8) is 0 Å². The van der Waals surface area contributed by atoms with E-state index in [1.165, 1.54) is 12.1 Å². The third kappa shape index (κ3) is 2.28. The van der Waals surface area contributed by atoms with Gasteiger partial charge in [0.15, 0.2) is 0 Å². The predicted molar refractivity (Wildman–Crippen MR) is 72.7 cm³/mol. The van der Waals surface area contributed by atoms with Crippen LogP contribution in [-0.2, 0) is 10.1 Å². The molecule has 7 N–H and O–H groups in total. The van der Waals surface area contributed by atoms with E-state index in [1.54, 1.807) is 0 Å². The van der Waals surface area contributed by atoms with Gasteiger partial charge in [-0.3, -0.25) is 4.55 Å². The molecule has 2 aromatic rings. The summed E-state index contributed by atoms with van der Waals surface area (Å²) in [4.78, 5) is -0.311. The van der Waals surface area contributed by atoms with Crippen molar-refractivity contribution in [3.05, 3.63) is 18.2 Å². The van der Waals surface area contributed by atoms with Crippen LogP contribution in [0.2, 0.25) is 0 Å². The van der Waals surface area contributed by atoms with Gasteiger partial charge in [0.2, 0.25) is 0 Å². The summed E-state index contributed by atoms with van der Waals surface area (Å²) in [6.45, 7) is 0. The minimum Gasteiger partial charge on any atom is -0.505 e. The molecular weight excluding hydrogens is 292 g/mol. The highest BCUT2D eigenvalue weighted by molar-refractivity contribution is 7.94. The van der Waals surface area contributed by atoms with Gasteiger partial charge in [-0.15, -0.1) is 0 Å². The Morgan fingerprint density at radius 3 is 2.32 bits per heavy atom. The van der Waals surface area contributed by atoms with Crippen LogP contribution < -0.4 is 11.5 Å². The maximum Gasteiger partial charge on any atom is 0.296 e. The maximum atomic E-state index is 11.2. The molecule has 2 rings (SSSR count). The summed E-state index contributed by atoms with van der Waals surface area (Å²) in [5, 5.41) is 10.4. The molecular formula is C10H10N2O5S2. The summed E-state index contributed by atoms with van der Waals surface area (Å²) >= 11 is 0.384. The van der Waals surface area contributed by atoms with Gasteiger partial charge in [0.05, 0.1) is 10.6 Å². The molecule has 0 spiro atoms. The molecule has 7 nitrogen and oxygen atoms in total. The summed E-state index contributed by atoms with van der Waals surface area (Å²) in [6, 6.07) is 3.83. The first-order chi connectivity index (χ1) is 8.75. The third-order valence-corrected chi connectivity index (χ3v) is 4.06. The summed E-state index contributed by atoms with van der Waals surface area (Å²) in [6.07, 6.45) is 0. The molecule has 0 aliphatic carbocycles. The van der Waals surface area contributed by atoms with Gasteiger partial charge < -0.3 is 21.1 Å². The minimum atomic E-state index is -4.56. The summed E-state index contributed by atoms with van der Waals surface area (Å²) in [5.74, 6) is -0.494. The second-order valence-electron chi connectivity index (χ2n) is 3.81. The number of fused-ring (bicyclic) bond motifs is 1. The summed E-state index contributed by atoms with van der Waals surface area (Å²) in [7, 11) is -4.56. The molecule has 0 amide bonds. The lowest BCUT2D eigenvalue weighted by Gasteiger charge is -2.11. The van der Waals surface area contributed by atoms with E-state index in [-0.39, 0.29) is 21.4 Å². The lowest BCUT2D eigenvalue weighted by molar-refractivity contribution is 0.473. The van der Waals surface area contributed by atoms with Gasteiger partial charge >= 0.3 is 0 Å². The van der Waals surface area contributed by atoms with E-state index in [4.69, 9.17) is 20.6 Å². The zero-order valence-corrected chi connectivity index (χ0v) is 11.0. The molecule has 0 aliphatic rings. The number of hydrogen-bond acceptors (Lipinski definition) is 7. The van der Waals surface area contributed by atoms with Gasteiger partial charge in [0.1, 0.15) is 10.6 Å². The number of anilines is 2. The number of nitrogens with two attached hydrogens (primary N) is 2. The number of phenolic OH excluding ortho intramolecular Hbond substituents is 1. The smallest absolute Gasteiger partial charge is 0.296 e. The van der Waals surface area contributed by atoms with E-state index in [1.807, 2.05) is 0 Å². The van der Waals surface area contributed by atoms with Crippen LogP contribution in [0.1, 0.15) is 0 Å². The maximum absolute atomic E-state index is 11.2. The topological polar surface area (TPSA) is 147 Å². The molecule has 0 aromatic heterocycles. The number of rotatable bonds is 2. The first-order valence-corrected chi connectivity index (χ1v) is 7.10. The monoisotopic (exact) mass is 302 g/mol. The van der Waals surface area contributed by atoms with Crippen LogP contribution >= 0.6 is 12.0 Å². The van der Waals surface area contributed by atoms with Crippen molar-refractivity contribution < 1.29 is 22.6 Å². The Kier molecular flexibility index (Phi) is 3.22. The normalized spacial score (nSPS) is 11.9. The van der Waals surface area contributed by atoms with Crippen molar-refractivity contribution in [2.24, 2.45) is 0 Å².